The van der Waals surface area contributed by atoms with Crippen LogP contribution in [0.2, 0.25) is 0 Å². The van der Waals surface area contributed by atoms with E-state index in [-0.39, 0.29) is 17.9 Å². The van der Waals surface area contributed by atoms with Crippen LogP contribution in [-0.4, -0.2) is 36.7 Å². The van der Waals surface area contributed by atoms with Crippen LogP contribution >= 0.6 is 0 Å². The zero-order valence-corrected chi connectivity index (χ0v) is 12.2. The average Bonchev–Trinajstić information content (AvgIpc) is 2.31. The Morgan fingerprint density at radius 3 is 2.32 bits per heavy atom. The number of amides is 1. The van der Waals surface area contributed by atoms with Gasteiger partial charge in [0.1, 0.15) is 5.60 Å². The predicted octanol–water partition coefficient (Wildman–Crippen LogP) is 2.59. The van der Waals surface area contributed by atoms with E-state index in [2.05, 4.69) is 5.32 Å². The predicted molar refractivity (Wildman–Crippen MR) is 70.9 cm³/mol. The zero-order chi connectivity index (χ0) is 13.9. The van der Waals surface area contributed by atoms with E-state index in [1.54, 1.807) is 0 Å². The standard InChI is InChI=1S/C14H25NO4/c1-13(2,3)19-12(16)15-11-5-7-14(8-6-11)17-9-4-10-18-14/h11H,4-10H2,1-3H3,(H,15,16). The second-order valence-electron chi connectivity index (χ2n) is 6.38. The van der Waals surface area contributed by atoms with Crippen LogP contribution in [0.15, 0.2) is 0 Å². The molecule has 1 aliphatic carbocycles. The molecule has 0 aromatic heterocycles. The zero-order valence-electron chi connectivity index (χ0n) is 12.2. The van der Waals surface area contributed by atoms with E-state index in [4.69, 9.17) is 14.2 Å². The third-order valence-corrected chi connectivity index (χ3v) is 3.49. The number of hydrogen-bond acceptors (Lipinski definition) is 4. The second kappa shape index (κ2) is 5.67. The van der Waals surface area contributed by atoms with Crippen LogP contribution < -0.4 is 5.32 Å². The third-order valence-electron chi connectivity index (χ3n) is 3.49. The van der Waals surface area contributed by atoms with Crippen molar-refractivity contribution < 1.29 is 19.0 Å². The molecule has 5 nitrogen and oxygen atoms in total. The molecule has 1 aliphatic heterocycles. The Balaban J connectivity index is 1.75. The van der Waals surface area contributed by atoms with Gasteiger partial charge in [-0.05, 0) is 40.0 Å². The van der Waals surface area contributed by atoms with Gasteiger partial charge in [-0.15, -0.1) is 0 Å². The number of nitrogens with one attached hydrogen (secondary N) is 1. The highest BCUT2D eigenvalue weighted by Gasteiger charge is 2.39. The van der Waals surface area contributed by atoms with Crippen molar-refractivity contribution in [3.05, 3.63) is 0 Å². The van der Waals surface area contributed by atoms with Crippen LogP contribution in [0.4, 0.5) is 4.79 Å². The minimum atomic E-state index is -0.449. The Kier molecular flexibility index (Phi) is 4.36. The van der Waals surface area contributed by atoms with E-state index < -0.39 is 5.60 Å². The summed E-state index contributed by atoms with van der Waals surface area (Å²) in [7, 11) is 0. The van der Waals surface area contributed by atoms with Crippen molar-refractivity contribution in [2.75, 3.05) is 13.2 Å². The smallest absolute Gasteiger partial charge is 0.407 e. The summed E-state index contributed by atoms with van der Waals surface area (Å²) in [6.45, 7) is 7.17. The first-order valence-corrected chi connectivity index (χ1v) is 7.16. The van der Waals surface area contributed by atoms with Crippen molar-refractivity contribution in [3.63, 3.8) is 0 Å². The largest absolute Gasteiger partial charge is 0.444 e. The first-order valence-electron chi connectivity index (χ1n) is 7.16. The SMILES string of the molecule is CC(C)(C)OC(=O)NC1CCC2(CC1)OCCCO2. The van der Waals surface area contributed by atoms with Crippen molar-refractivity contribution in [2.24, 2.45) is 0 Å². The molecule has 2 rings (SSSR count). The van der Waals surface area contributed by atoms with Gasteiger partial charge in [-0.3, -0.25) is 0 Å². The lowest BCUT2D eigenvalue weighted by atomic mass is 9.89. The van der Waals surface area contributed by atoms with E-state index in [0.29, 0.717) is 0 Å². The molecule has 0 atom stereocenters. The van der Waals surface area contributed by atoms with E-state index in [1.807, 2.05) is 20.8 Å². The van der Waals surface area contributed by atoms with Gasteiger partial charge in [0, 0.05) is 18.9 Å². The Bertz CT molecular complexity index is 308. The Hall–Kier alpha value is -0.810. The first kappa shape index (κ1) is 14.6. The van der Waals surface area contributed by atoms with Crippen LogP contribution in [0.3, 0.4) is 0 Å². The normalized spacial score (nSPS) is 24.2. The van der Waals surface area contributed by atoms with Crippen LogP contribution in [0.25, 0.3) is 0 Å². The van der Waals surface area contributed by atoms with Gasteiger partial charge in [0.25, 0.3) is 0 Å². The van der Waals surface area contributed by atoms with E-state index in [1.165, 1.54) is 0 Å². The number of ether oxygens (including phenoxy) is 3. The summed E-state index contributed by atoms with van der Waals surface area (Å²) in [6, 6.07) is 0.162. The molecule has 1 amide bonds. The van der Waals surface area contributed by atoms with Crippen LogP contribution in [0.5, 0.6) is 0 Å². The number of hydrogen-bond donors (Lipinski definition) is 1. The summed E-state index contributed by atoms with van der Waals surface area (Å²) < 4.78 is 16.8. The van der Waals surface area contributed by atoms with E-state index >= 15 is 0 Å². The van der Waals surface area contributed by atoms with Crippen LogP contribution in [0, 0.1) is 0 Å². The molecular formula is C14H25NO4. The summed E-state index contributed by atoms with van der Waals surface area (Å²) in [5.74, 6) is -0.385. The Morgan fingerprint density at radius 1 is 1.21 bits per heavy atom. The molecule has 0 radical (unpaired) electrons. The minimum absolute atomic E-state index is 0.162. The average molecular weight is 271 g/mol. The Labute approximate surface area is 115 Å². The first-order chi connectivity index (χ1) is 8.89. The molecule has 2 aliphatic rings. The maximum atomic E-state index is 11.7. The quantitative estimate of drug-likeness (QED) is 0.796. The van der Waals surface area contributed by atoms with Gasteiger partial charge in [-0.25, -0.2) is 4.79 Å². The topological polar surface area (TPSA) is 56.8 Å². The third kappa shape index (κ3) is 4.35. The fourth-order valence-electron chi connectivity index (χ4n) is 2.58. The highest BCUT2D eigenvalue weighted by atomic mass is 16.7. The molecule has 19 heavy (non-hydrogen) atoms. The lowest BCUT2D eigenvalue weighted by Crippen LogP contribution is -2.48. The lowest BCUT2D eigenvalue weighted by Gasteiger charge is -2.42. The van der Waals surface area contributed by atoms with Crippen molar-refractivity contribution in [1.82, 2.24) is 5.32 Å². The molecule has 110 valence electrons. The minimum Gasteiger partial charge on any atom is -0.444 e. The van der Waals surface area contributed by atoms with Gasteiger partial charge >= 0.3 is 6.09 Å². The van der Waals surface area contributed by atoms with Gasteiger partial charge in [0.2, 0.25) is 0 Å². The molecule has 0 unspecified atom stereocenters. The fourth-order valence-corrected chi connectivity index (χ4v) is 2.58. The second-order valence-corrected chi connectivity index (χ2v) is 6.38. The number of carbonyl (C=O) groups excluding carboxylic acids is 1. The van der Waals surface area contributed by atoms with Gasteiger partial charge < -0.3 is 19.5 Å². The monoisotopic (exact) mass is 271 g/mol. The summed E-state index contributed by atoms with van der Waals surface area (Å²) in [4.78, 5) is 11.7. The number of rotatable bonds is 1. The molecule has 1 heterocycles. The molecule has 0 aromatic carbocycles. The molecule has 2 fully saturated rings. The van der Waals surface area contributed by atoms with Crippen molar-refractivity contribution >= 4 is 6.09 Å². The fraction of sp³-hybridized carbons (Fsp3) is 0.929. The maximum Gasteiger partial charge on any atom is 0.407 e. The molecule has 1 saturated heterocycles. The van der Waals surface area contributed by atoms with Crippen molar-refractivity contribution in [3.8, 4) is 0 Å². The highest BCUT2D eigenvalue weighted by molar-refractivity contribution is 5.68. The van der Waals surface area contributed by atoms with Gasteiger partial charge in [0.05, 0.1) is 13.2 Å². The summed E-state index contributed by atoms with van der Waals surface area (Å²) in [6.07, 6.45) is 4.07. The van der Waals surface area contributed by atoms with Gasteiger partial charge in [-0.1, -0.05) is 0 Å². The molecule has 1 N–H and O–H groups in total. The molecular weight excluding hydrogens is 246 g/mol. The van der Waals surface area contributed by atoms with Gasteiger partial charge in [0.15, 0.2) is 5.79 Å². The summed E-state index contributed by atoms with van der Waals surface area (Å²) in [5.41, 5.74) is -0.449. The molecule has 1 saturated carbocycles. The highest BCUT2D eigenvalue weighted by Crippen LogP contribution is 2.35. The van der Waals surface area contributed by atoms with E-state index in [0.717, 1.165) is 45.3 Å². The van der Waals surface area contributed by atoms with Crippen LogP contribution in [-0.2, 0) is 14.2 Å². The maximum absolute atomic E-state index is 11.7. The number of alkyl carbamates (subject to hydrolysis) is 1. The lowest BCUT2D eigenvalue weighted by molar-refractivity contribution is -0.281. The van der Waals surface area contributed by atoms with Crippen molar-refractivity contribution in [1.29, 1.82) is 0 Å². The number of carbonyl (C=O) groups is 1. The van der Waals surface area contributed by atoms with Crippen molar-refractivity contribution in [2.45, 2.75) is 70.3 Å². The Morgan fingerprint density at radius 2 is 1.79 bits per heavy atom. The van der Waals surface area contributed by atoms with E-state index in [9.17, 15) is 4.79 Å². The summed E-state index contributed by atoms with van der Waals surface area (Å²) >= 11 is 0. The molecule has 1 spiro atoms. The summed E-state index contributed by atoms with van der Waals surface area (Å²) in [5, 5.41) is 2.93. The molecule has 0 aromatic rings. The molecule has 0 bridgehead atoms. The van der Waals surface area contributed by atoms with Crippen LogP contribution in [0.1, 0.15) is 52.9 Å². The van der Waals surface area contributed by atoms with Gasteiger partial charge in [-0.2, -0.15) is 0 Å². The molecule has 5 heteroatoms.